The molecule has 0 atom stereocenters. The summed E-state index contributed by atoms with van der Waals surface area (Å²) in [6.45, 7) is 3.56. The summed E-state index contributed by atoms with van der Waals surface area (Å²) in [7, 11) is -3.18. The van der Waals surface area contributed by atoms with Crippen LogP contribution in [0.1, 0.15) is 11.1 Å². The van der Waals surface area contributed by atoms with Crippen LogP contribution in [0.5, 0.6) is 11.5 Å². The number of nitrogen functional groups attached to an aromatic ring is 1. The average Bonchev–Trinajstić information content (AvgIpc) is 3.12. The number of phenols is 1. The third kappa shape index (κ3) is 9.23. The Morgan fingerprint density at radius 3 is 2.02 bits per heavy atom. The Morgan fingerprint density at radius 2 is 1.37 bits per heavy atom. The van der Waals surface area contributed by atoms with Crippen LogP contribution in [0.15, 0.2) is 118 Å². The van der Waals surface area contributed by atoms with E-state index in [9.17, 15) is 18.1 Å². The number of ether oxygens (including phenoxy) is 1. The molecule has 0 unspecified atom stereocenters. The molecule has 270 valence electrons. The molecular formula is C31H27N7O11S3. The summed E-state index contributed by atoms with van der Waals surface area (Å²) >= 11 is 1.26. The first-order valence-corrected chi connectivity index (χ1v) is 17.3. The van der Waals surface area contributed by atoms with Crippen molar-refractivity contribution >= 4 is 84.8 Å². The Labute approximate surface area is 303 Å². The zero-order valence-electron chi connectivity index (χ0n) is 27.1. The molecular weight excluding hydrogens is 743 g/mol. The Balaban J connectivity index is 1.39. The van der Waals surface area contributed by atoms with Gasteiger partial charge in [-0.2, -0.15) is 28.9 Å². The average molecular weight is 770 g/mol. The van der Waals surface area contributed by atoms with Crippen LogP contribution >= 0.6 is 24.1 Å². The summed E-state index contributed by atoms with van der Waals surface area (Å²) < 4.78 is 47.5. The minimum Gasteiger partial charge on any atom is -0.505 e. The quantitative estimate of drug-likeness (QED) is 0.0176. The van der Waals surface area contributed by atoms with Gasteiger partial charge in [0, 0.05) is 16.3 Å². The zero-order valence-corrected chi connectivity index (χ0v) is 29.5. The second kappa shape index (κ2) is 17.0. The third-order valence-corrected chi connectivity index (χ3v) is 9.18. The molecule has 0 heterocycles. The SMILES string of the molecule is COc1cc(/N=N/c2cccc(SOOO)c2)ccc1/N=N/c1cc(C)c(/N=N/c2c(SOOO)cc3cc(S(=O)(=O)O)c(N)cc3c2O)cc1C. The molecule has 5 aromatic rings. The Kier molecular flexibility index (Phi) is 12.5. The number of benzene rings is 5. The van der Waals surface area contributed by atoms with E-state index in [0.717, 1.165) is 18.1 Å². The predicted octanol–water partition coefficient (Wildman–Crippen LogP) is 10.1. The van der Waals surface area contributed by atoms with Crippen LogP contribution < -0.4 is 10.5 Å². The van der Waals surface area contributed by atoms with Gasteiger partial charge in [-0.25, -0.2) is 10.5 Å². The summed E-state index contributed by atoms with van der Waals surface area (Å²) in [5.41, 5.74) is 9.13. The lowest BCUT2D eigenvalue weighted by molar-refractivity contribution is -0.432. The van der Waals surface area contributed by atoms with E-state index in [1.54, 1.807) is 68.4 Å². The molecule has 0 bridgehead atoms. The normalized spacial score (nSPS) is 12.2. The van der Waals surface area contributed by atoms with Crippen molar-refractivity contribution in [1.82, 2.24) is 0 Å². The van der Waals surface area contributed by atoms with Crippen molar-refractivity contribution in [3.63, 3.8) is 0 Å². The van der Waals surface area contributed by atoms with Crippen LogP contribution in [0.3, 0.4) is 0 Å². The number of anilines is 1. The maximum absolute atomic E-state index is 11.8. The number of methoxy groups -OCH3 is 1. The van der Waals surface area contributed by atoms with Crippen LogP contribution in [0.4, 0.5) is 39.8 Å². The van der Waals surface area contributed by atoms with Gasteiger partial charge in [0.1, 0.15) is 22.0 Å². The maximum atomic E-state index is 11.8. The number of phenolic OH excluding ortho intramolecular Hbond substituents is 1. The summed E-state index contributed by atoms with van der Waals surface area (Å²) in [6, 6.07) is 19.0. The molecule has 5 rings (SSSR count). The maximum Gasteiger partial charge on any atom is 0.296 e. The highest BCUT2D eigenvalue weighted by atomic mass is 32.2. The minimum absolute atomic E-state index is 0.0725. The van der Waals surface area contributed by atoms with Gasteiger partial charge in [0.2, 0.25) is 0 Å². The second-order valence-corrected chi connectivity index (χ2v) is 13.4. The lowest BCUT2D eigenvalue weighted by atomic mass is 10.1. The van der Waals surface area contributed by atoms with Gasteiger partial charge in [0.25, 0.3) is 10.1 Å². The minimum atomic E-state index is -4.67. The molecule has 0 aliphatic carbocycles. The van der Waals surface area contributed by atoms with Crippen molar-refractivity contribution in [2.45, 2.75) is 28.5 Å². The monoisotopic (exact) mass is 769 g/mol. The molecule has 0 spiro atoms. The van der Waals surface area contributed by atoms with E-state index < -0.39 is 20.8 Å². The second-order valence-electron chi connectivity index (χ2n) is 10.5. The fraction of sp³-hybridized carbons (Fsp3) is 0.0968. The number of aryl methyl sites for hydroxylation is 2. The van der Waals surface area contributed by atoms with Gasteiger partial charge in [0.05, 0.1) is 64.5 Å². The van der Waals surface area contributed by atoms with Gasteiger partial charge < -0.3 is 15.6 Å². The number of hydrogen-bond acceptors (Lipinski definition) is 19. The highest BCUT2D eigenvalue weighted by Gasteiger charge is 2.21. The van der Waals surface area contributed by atoms with E-state index in [1.165, 1.54) is 19.2 Å². The first-order valence-electron chi connectivity index (χ1n) is 14.4. The lowest BCUT2D eigenvalue weighted by Crippen LogP contribution is -2.03. The zero-order chi connectivity index (χ0) is 37.4. The summed E-state index contributed by atoms with van der Waals surface area (Å²) in [6.07, 6.45) is 0. The van der Waals surface area contributed by atoms with Crippen LogP contribution in [-0.2, 0) is 28.9 Å². The highest BCUT2D eigenvalue weighted by molar-refractivity contribution is 7.95. The molecule has 0 fully saturated rings. The number of aromatic hydroxyl groups is 1. The van der Waals surface area contributed by atoms with Crippen LogP contribution in [0.2, 0.25) is 0 Å². The summed E-state index contributed by atoms with van der Waals surface area (Å²) in [5, 5.41) is 61.4. The predicted molar refractivity (Wildman–Crippen MR) is 189 cm³/mol. The molecule has 52 heavy (non-hydrogen) atoms. The number of hydrogen-bond donors (Lipinski definition) is 5. The highest BCUT2D eigenvalue weighted by Crippen LogP contribution is 2.46. The van der Waals surface area contributed by atoms with Crippen LogP contribution in [-0.4, -0.2) is 35.7 Å². The van der Waals surface area contributed by atoms with E-state index in [2.05, 4.69) is 49.4 Å². The summed E-state index contributed by atoms with van der Waals surface area (Å²) in [5.74, 6) is -0.0403. The molecule has 0 aromatic heterocycles. The molecule has 0 saturated heterocycles. The Morgan fingerprint density at radius 1 is 0.731 bits per heavy atom. The van der Waals surface area contributed by atoms with Gasteiger partial charge in [-0.1, -0.05) is 16.1 Å². The molecule has 21 heteroatoms. The van der Waals surface area contributed by atoms with Gasteiger partial charge in [-0.3, -0.25) is 4.55 Å². The van der Waals surface area contributed by atoms with E-state index in [4.69, 9.17) is 21.0 Å². The fourth-order valence-corrected chi connectivity index (χ4v) is 6.16. The lowest BCUT2D eigenvalue weighted by Gasteiger charge is -2.11. The van der Waals surface area contributed by atoms with E-state index in [1.807, 2.05) is 0 Å². The van der Waals surface area contributed by atoms with Crippen molar-refractivity contribution in [2.24, 2.45) is 30.7 Å². The molecule has 0 saturated carbocycles. The first-order chi connectivity index (χ1) is 24.9. The molecule has 0 radical (unpaired) electrons. The summed E-state index contributed by atoms with van der Waals surface area (Å²) in [4.78, 5) is 0.138. The van der Waals surface area contributed by atoms with Crippen molar-refractivity contribution < 1.29 is 52.1 Å². The number of rotatable bonds is 14. The van der Waals surface area contributed by atoms with E-state index >= 15 is 0 Å². The van der Waals surface area contributed by atoms with E-state index in [0.29, 0.717) is 62.3 Å². The van der Waals surface area contributed by atoms with Gasteiger partial charge >= 0.3 is 0 Å². The van der Waals surface area contributed by atoms with E-state index in [-0.39, 0.29) is 27.0 Å². The smallest absolute Gasteiger partial charge is 0.296 e. The van der Waals surface area contributed by atoms with Crippen molar-refractivity contribution in [1.29, 1.82) is 0 Å². The van der Waals surface area contributed by atoms with Crippen molar-refractivity contribution in [2.75, 3.05) is 12.8 Å². The Hall–Kier alpha value is -5.07. The van der Waals surface area contributed by atoms with Crippen molar-refractivity contribution in [3.05, 3.63) is 83.9 Å². The van der Waals surface area contributed by atoms with Gasteiger partial charge in [-0.05, 0) is 91.0 Å². The largest absolute Gasteiger partial charge is 0.505 e. The topological polar surface area (TPSA) is 261 Å². The Bertz CT molecular complexity index is 2320. The van der Waals surface area contributed by atoms with Crippen molar-refractivity contribution in [3.8, 4) is 11.5 Å². The molecule has 0 aliphatic rings. The molecule has 0 aliphatic heterocycles. The molecule has 6 N–H and O–H groups in total. The number of nitrogens with two attached hydrogens (primary N) is 1. The third-order valence-electron chi connectivity index (χ3n) is 7.07. The van der Waals surface area contributed by atoms with Gasteiger partial charge in [-0.15, -0.1) is 18.9 Å². The first kappa shape index (κ1) is 38.2. The molecule has 5 aromatic carbocycles. The molecule has 0 amide bonds. The number of fused-ring (bicyclic) bond motifs is 1. The number of nitrogens with zero attached hydrogens (tertiary/aromatic N) is 6. The number of azo groups is 3. The standard InChI is InChI=1S/C31H27N7O11S3/c1-16-10-26(37-38-30-28(51-49-47-41)11-18-12-29(52(42,43)44)23(32)15-22(18)31(30)39)17(2)9-25(16)36-35-24-8-7-20(14-27(24)45-3)34-33-19-5-4-6-21(13-19)50-48-46-40/h4-15,39-41H,32H2,1-3H3,(H,42,43,44)/b34-33+,36-35+,38-37+. The van der Waals surface area contributed by atoms with Crippen LogP contribution in [0, 0.1) is 13.8 Å². The fourth-order valence-electron chi connectivity index (χ4n) is 4.62. The van der Waals surface area contributed by atoms with Gasteiger partial charge in [0.15, 0.2) is 5.75 Å². The molecule has 18 nitrogen and oxygen atoms in total. The van der Waals surface area contributed by atoms with Crippen LogP contribution in [0.25, 0.3) is 10.8 Å².